The number of nitrogens with one attached hydrogen (secondary N) is 1. The van der Waals surface area contributed by atoms with E-state index in [1.165, 1.54) is 16.0 Å². The molecular formula is C11H10N6OS. The fourth-order valence-corrected chi connectivity index (χ4v) is 2.46. The molecule has 0 atom stereocenters. The Morgan fingerprint density at radius 2 is 2.26 bits per heavy atom. The first-order valence-corrected chi connectivity index (χ1v) is 6.36. The molecule has 3 rings (SSSR count). The minimum absolute atomic E-state index is 0.202. The van der Waals surface area contributed by atoms with Crippen LogP contribution in [0.4, 0.5) is 5.95 Å². The molecule has 3 aromatic rings. The number of hydrogen-bond acceptors (Lipinski definition) is 6. The van der Waals surface area contributed by atoms with Crippen molar-refractivity contribution >= 4 is 33.4 Å². The van der Waals surface area contributed by atoms with Gasteiger partial charge in [-0.05, 0) is 17.5 Å². The number of rotatable bonds is 3. The van der Waals surface area contributed by atoms with Crippen LogP contribution in [0.25, 0.3) is 16.0 Å². The zero-order chi connectivity index (χ0) is 13.4. The lowest BCUT2D eigenvalue weighted by Gasteiger charge is -2.05. The third-order valence-electron chi connectivity index (χ3n) is 2.59. The monoisotopic (exact) mass is 274 g/mol. The molecule has 96 valence electrons. The molecule has 0 bridgehead atoms. The average molecular weight is 274 g/mol. The van der Waals surface area contributed by atoms with Gasteiger partial charge in [-0.15, -0.1) is 11.3 Å². The maximum Gasteiger partial charge on any atom is 0.269 e. The Bertz CT molecular complexity index is 761. The molecule has 3 N–H and O–H groups in total. The van der Waals surface area contributed by atoms with E-state index in [-0.39, 0.29) is 5.69 Å². The third kappa shape index (κ3) is 1.91. The second-order valence-corrected chi connectivity index (χ2v) is 4.66. The number of carbonyl (C=O) groups is 1. The van der Waals surface area contributed by atoms with Crippen molar-refractivity contribution in [3.63, 3.8) is 0 Å². The number of nitrogens with zero attached hydrogens (tertiary/aromatic N) is 4. The standard InChI is InChI=1S/C11H10N6OS/c1-13-11-14-9(6-3-5-19-10(6)15-11)17-4-2-7(16-17)8(12)18/h2-5H,1H3,(H2,12,18)(H,13,14,15). The van der Waals surface area contributed by atoms with Crippen molar-refractivity contribution in [3.8, 4) is 5.82 Å². The fourth-order valence-electron chi connectivity index (χ4n) is 1.70. The summed E-state index contributed by atoms with van der Waals surface area (Å²) < 4.78 is 1.53. The minimum atomic E-state index is -0.566. The Kier molecular flexibility index (Phi) is 2.64. The fraction of sp³-hybridized carbons (Fsp3) is 0.0909. The van der Waals surface area contributed by atoms with Crippen LogP contribution >= 0.6 is 11.3 Å². The van der Waals surface area contributed by atoms with Gasteiger partial charge in [-0.3, -0.25) is 4.79 Å². The summed E-state index contributed by atoms with van der Waals surface area (Å²) in [5.74, 6) is 0.549. The second-order valence-electron chi connectivity index (χ2n) is 3.77. The molecule has 7 nitrogen and oxygen atoms in total. The predicted octanol–water partition coefficient (Wildman–Crippen LogP) is 1.02. The van der Waals surface area contributed by atoms with Crippen molar-refractivity contribution in [2.45, 2.75) is 0 Å². The largest absolute Gasteiger partial charge is 0.364 e. The Labute approximate surface area is 112 Å². The van der Waals surface area contributed by atoms with Crippen molar-refractivity contribution in [1.82, 2.24) is 19.7 Å². The van der Waals surface area contributed by atoms with Crippen LogP contribution in [0.3, 0.4) is 0 Å². The SMILES string of the molecule is CNc1nc(-n2ccc(C(N)=O)n2)c2ccsc2n1. The molecule has 3 aromatic heterocycles. The summed E-state index contributed by atoms with van der Waals surface area (Å²) in [6.45, 7) is 0. The van der Waals surface area contributed by atoms with E-state index in [9.17, 15) is 4.79 Å². The van der Waals surface area contributed by atoms with Crippen LogP contribution < -0.4 is 11.1 Å². The molecule has 8 heteroatoms. The average Bonchev–Trinajstić information content (AvgIpc) is 3.06. The van der Waals surface area contributed by atoms with Gasteiger partial charge in [0.25, 0.3) is 5.91 Å². The van der Waals surface area contributed by atoms with Gasteiger partial charge in [0.2, 0.25) is 5.95 Å². The lowest BCUT2D eigenvalue weighted by Crippen LogP contribution is -2.12. The number of aromatic nitrogens is 4. The van der Waals surface area contributed by atoms with Crippen LogP contribution in [0.5, 0.6) is 0 Å². The highest BCUT2D eigenvalue weighted by molar-refractivity contribution is 7.16. The van der Waals surface area contributed by atoms with Gasteiger partial charge in [0.15, 0.2) is 5.82 Å². The molecule has 0 spiro atoms. The molecule has 0 aliphatic rings. The molecule has 0 radical (unpaired) electrons. The number of fused-ring (bicyclic) bond motifs is 1. The summed E-state index contributed by atoms with van der Waals surface area (Å²) >= 11 is 1.51. The van der Waals surface area contributed by atoms with Gasteiger partial charge in [0.1, 0.15) is 10.5 Å². The number of carbonyl (C=O) groups excluding carboxylic acids is 1. The van der Waals surface area contributed by atoms with E-state index in [1.54, 1.807) is 19.3 Å². The summed E-state index contributed by atoms with van der Waals surface area (Å²) in [4.78, 5) is 20.7. The zero-order valence-electron chi connectivity index (χ0n) is 9.99. The molecule has 0 aliphatic carbocycles. The maximum atomic E-state index is 11.1. The van der Waals surface area contributed by atoms with Crippen LogP contribution in [0, 0.1) is 0 Å². The van der Waals surface area contributed by atoms with E-state index in [0.29, 0.717) is 11.8 Å². The molecule has 0 aromatic carbocycles. The molecule has 0 fully saturated rings. The van der Waals surface area contributed by atoms with E-state index in [0.717, 1.165) is 10.2 Å². The van der Waals surface area contributed by atoms with Gasteiger partial charge in [0.05, 0.1) is 5.39 Å². The summed E-state index contributed by atoms with van der Waals surface area (Å²) in [6.07, 6.45) is 1.65. The van der Waals surface area contributed by atoms with Crippen molar-refractivity contribution in [2.24, 2.45) is 5.73 Å². The lowest BCUT2D eigenvalue weighted by molar-refractivity contribution is 0.0995. The van der Waals surface area contributed by atoms with Crippen molar-refractivity contribution < 1.29 is 4.79 Å². The van der Waals surface area contributed by atoms with Gasteiger partial charge in [-0.1, -0.05) is 0 Å². The number of thiophene rings is 1. The summed E-state index contributed by atoms with van der Waals surface area (Å²) in [7, 11) is 1.75. The molecule has 1 amide bonds. The summed E-state index contributed by atoms with van der Waals surface area (Å²) in [5, 5.41) is 9.82. The highest BCUT2D eigenvalue weighted by atomic mass is 32.1. The van der Waals surface area contributed by atoms with Crippen LogP contribution in [0.2, 0.25) is 0 Å². The van der Waals surface area contributed by atoms with Gasteiger partial charge in [-0.25, -0.2) is 9.67 Å². The molecule has 0 saturated heterocycles. The highest BCUT2D eigenvalue weighted by Crippen LogP contribution is 2.25. The Balaban J connectivity index is 2.21. The van der Waals surface area contributed by atoms with E-state index < -0.39 is 5.91 Å². The summed E-state index contributed by atoms with van der Waals surface area (Å²) in [6, 6.07) is 3.47. The molecule has 3 heterocycles. The molecule has 0 unspecified atom stereocenters. The zero-order valence-corrected chi connectivity index (χ0v) is 10.8. The first kappa shape index (κ1) is 11.6. The van der Waals surface area contributed by atoms with Gasteiger partial charge in [0, 0.05) is 13.2 Å². The lowest BCUT2D eigenvalue weighted by atomic mass is 10.4. The minimum Gasteiger partial charge on any atom is -0.364 e. The molecule has 19 heavy (non-hydrogen) atoms. The summed E-state index contributed by atoms with van der Waals surface area (Å²) in [5.41, 5.74) is 5.40. The number of hydrogen-bond donors (Lipinski definition) is 2. The predicted molar refractivity (Wildman–Crippen MR) is 72.6 cm³/mol. The highest BCUT2D eigenvalue weighted by Gasteiger charge is 2.12. The van der Waals surface area contributed by atoms with Gasteiger partial charge in [-0.2, -0.15) is 10.1 Å². The molecular weight excluding hydrogens is 264 g/mol. The second kappa shape index (κ2) is 4.32. The Hall–Kier alpha value is -2.48. The van der Waals surface area contributed by atoms with Gasteiger partial charge >= 0.3 is 0 Å². The van der Waals surface area contributed by atoms with Crippen molar-refractivity contribution in [1.29, 1.82) is 0 Å². The third-order valence-corrected chi connectivity index (χ3v) is 3.39. The topological polar surface area (TPSA) is 98.7 Å². The normalized spacial score (nSPS) is 10.8. The molecule has 0 saturated carbocycles. The van der Waals surface area contributed by atoms with Gasteiger partial charge < -0.3 is 11.1 Å². The number of nitrogens with two attached hydrogens (primary N) is 1. The quantitative estimate of drug-likeness (QED) is 0.743. The van der Waals surface area contributed by atoms with Crippen LogP contribution in [-0.4, -0.2) is 32.7 Å². The smallest absolute Gasteiger partial charge is 0.269 e. The number of primary amides is 1. The van der Waals surface area contributed by atoms with Crippen LogP contribution in [0.15, 0.2) is 23.7 Å². The number of anilines is 1. The number of amides is 1. The van der Waals surface area contributed by atoms with E-state index in [2.05, 4.69) is 20.4 Å². The Morgan fingerprint density at radius 3 is 2.95 bits per heavy atom. The Morgan fingerprint density at radius 1 is 1.42 bits per heavy atom. The van der Waals surface area contributed by atoms with E-state index in [1.807, 2.05) is 11.4 Å². The molecule has 0 aliphatic heterocycles. The van der Waals surface area contributed by atoms with E-state index >= 15 is 0 Å². The first-order chi connectivity index (χ1) is 9.19. The van der Waals surface area contributed by atoms with Crippen LogP contribution in [0.1, 0.15) is 10.5 Å². The maximum absolute atomic E-state index is 11.1. The van der Waals surface area contributed by atoms with Crippen LogP contribution in [-0.2, 0) is 0 Å². The van der Waals surface area contributed by atoms with Crippen molar-refractivity contribution in [2.75, 3.05) is 12.4 Å². The first-order valence-electron chi connectivity index (χ1n) is 5.48. The van der Waals surface area contributed by atoms with Crippen molar-refractivity contribution in [3.05, 3.63) is 29.4 Å². The van der Waals surface area contributed by atoms with E-state index in [4.69, 9.17) is 5.73 Å².